The monoisotopic (exact) mass is 293 g/mol. The summed E-state index contributed by atoms with van der Waals surface area (Å²) in [4.78, 5) is 14.4. The summed E-state index contributed by atoms with van der Waals surface area (Å²) < 4.78 is 10.6. The minimum absolute atomic E-state index is 0.175. The maximum absolute atomic E-state index is 12.5. The molecule has 0 saturated heterocycles. The van der Waals surface area contributed by atoms with Gasteiger partial charge in [0.2, 0.25) is 5.91 Å². The molecule has 0 aliphatic carbocycles. The summed E-state index contributed by atoms with van der Waals surface area (Å²) >= 11 is 0. The average Bonchev–Trinajstić information content (AvgIpc) is 2.48. The first-order valence-corrected chi connectivity index (χ1v) is 7.56. The second-order valence-electron chi connectivity index (χ2n) is 5.19. The Morgan fingerprint density at radius 3 is 2.05 bits per heavy atom. The zero-order chi connectivity index (χ0) is 15.8. The number of hydrogen-bond donors (Lipinski definition) is 0. The van der Waals surface area contributed by atoms with Gasteiger partial charge in [-0.05, 0) is 43.0 Å². The van der Waals surface area contributed by atoms with Crippen LogP contribution in [-0.4, -0.2) is 38.1 Å². The van der Waals surface area contributed by atoms with Gasteiger partial charge in [0, 0.05) is 13.1 Å². The van der Waals surface area contributed by atoms with Gasteiger partial charge in [-0.15, -0.1) is 0 Å². The lowest BCUT2D eigenvalue weighted by Crippen LogP contribution is -2.33. The van der Waals surface area contributed by atoms with E-state index < -0.39 is 0 Å². The third-order valence-electron chi connectivity index (χ3n) is 3.52. The van der Waals surface area contributed by atoms with Gasteiger partial charge in [-0.1, -0.05) is 13.8 Å². The Morgan fingerprint density at radius 2 is 1.57 bits per heavy atom. The van der Waals surface area contributed by atoms with Crippen molar-refractivity contribution in [1.29, 1.82) is 0 Å². The highest BCUT2D eigenvalue weighted by Gasteiger charge is 2.16. The van der Waals surface area contributed by atoms with Gasteiger partial charge in [0.05, 0.1) is 20.6 Å². The summed E-state index contributed by atoms with van der Waals surface area (Å²) in [5.74, 6) is 1.54. The predicted octanol–water partition coefficient (Wildman–Crippen LogP) is 3.20. The van der Waals surface area contributed by atoms with E-state index in [0.29, 0.717) is 17.9 Å². The van der Waals surface area contributed by atoms with Crippen LogP contribution in [0.4, 0.5) is 0 Å². The van der Waals surface area contributed by atoms with Crippen molar-refractivity contribution in [1.82, 2.24) is 4.90 Å². The third kappa shape index (κ3) is 4.66. The van der Waals surface area contributed by atoms with E-state index in [1.54, 1.807) is 14.2 Å². The van der Waals surface area contributed by atoms with Crippen LogP contribution in [0, 0.1) is 6.92 Å². The number of carbonyl (C=O) groups excluding carboxylic acids is 1. The molecule has 4 heteroatoms. The smallest absolute Gasteiger partial charge is 0.227 e. The Labute approximate surface area is 128 Å². The quantitative estimate of drug-likeness (QED) is 0.739. The number of amides is 1. The van der Waals surface area contributed by atoms with Crippen molar-refractivity contribution < 1.29 is 14.3 Å². The van der Waals surface area contributed by atoms with E-state index in [4.69, 9.17) is 9.47 Å². The minimum atomic E-state index is 0.175. The highest BCUT2D eigenvalue weighted by Crippen LogP contribution is 2.30. The molecular weight excluding hydrogens is 266 g/mol. The van der Waals surface area contributed by atoms with Crippen LogP contribution in [0.1, 0.15) is 37.8 Å². The van der Waals surface area contributed by atoms with Crippen molar-refractivity contribution in [3.8, 4) is 11.5 Å². The second-order valence-corrected chi connectivity index (χ2v) is 5.19. The standard InChI is InChI=1S/C17H27NO3/c1-6-8-18(9-7-2)17(19)12-14-11-16(21-5)15(20-4)10-13(14)3/h10-11H,6-9,12H2,1-5H3. The van der Waals surface area contributed by atoms with E-state index >= 15 is 0 Å². The first kappa shape index (κ1) is 17.3. The Kier molecular flexibility index (Phi) is 7.06. The van der Waals surface area contributed by atoms with Gasteiger partial charge in [-0.3, -0.25) is 4.79 Å². The summed E-state index contributed by atoms with van der Waals surface area (Å²) in [6.07, 6.45) is 2.37. The fourth-order valence-corrected chi connectivity index (χ4v) is 2.39. The van der Waals surface area contributed by atoms with E-state index in [2.05, 4.69) is 13.8 Å². The molecule has 0 aliphatic heterocycles. The molecule has 0 N–H and O–H groups in total. The molecule has 0 aromatic heterocycles. The molecule has 118 valence electrons. The molecule has 0 aliphatic rings. The Bertz CT molecular complexity index is 465. The molecule has 0 spiro atoms. The van der Waals surface area contributed by atoms with Crippen molar-refractivity contribution in [3.05, 3.63) is 23.3 Å². The number of hydrogen-bond acceptors (Lipinski definition) is 3. The number of benzene rings is 1. The van der Waals surface area contributed by atoms with Crippen LogP contribution in [0.2, 0.25) is 0 Å². The molecule has 0 heterocycles. The topological polar surface area (TPSA) is 38.8 Å². The number of ether oxygens (including phenoxy) is 2. The maximum atomic E-state index is 12.5. The first-order chi connectivity index (χ1) is 10.1. The molecular formula is C17H27NO3. The van der Waals surface area contributed by atoms with Crippen LogP contribution >= 0.6 is 0 Å². The van der Waals surface area contributed by atoms with E-state index in [1.807, 2.05) is 24.0 Å². The summed E-state index contributed by atoms with van der Waals surface area (Å²) in [6, 6.07) is 3.83. The molecule has 0 saturated carbocycles. The van der Waals surface area contributed by atoms with Gasteiger partial charge >= 0.3 is 0 Å². The third-order valence-corrected chi connectivity index (χ3v) is 3.52. The lowest BCUT2D eigenvalue weighted by molar-refractivity contribution is -0.130. The summed E-state index contributed by atoms with van der Waals surface area (Å²) in [5.41, 5.74) is 2.05. The van der Waals surface area contributed by atoms with Gasteiger partial charge in [0.15, 0.2) is 11.5 Å². The van der Waals surface area contributed by atoms with E-state index in [0.717, 1.165) is 37.1 Å². The maximum Gasteiger partial charge on any atom is 0.227 e. The Hall–Kier alpha value is -1.71. The molecule has 0 bridgehead atoms. The molecule has 1 rings (SSSR count). The SMILES string of the molecule is CCCN(CCC)C(=O)Cc1cc(OC)c(OC)cc1C. The highest BCUT2D eigenvalue weighted by molar-refractivity contribution is 5.79. The first-order valence-electron chi connectivity index (χ1n) is 7.56. The Balaban J connectivity index is 2.93. The van der Waals surface area contributed by atoms with Gasteiger partial charge in [-0.25, -0.2) is 0 Å². The van der Waals surface area contributed by atoms with E-state index in [1.165, 1.54) is 0 Å². The van der Waals surface area contributed by atoms with Gasteiger partial charge in [0.1, 0.15) is 0 Å². The van der Waals surface area contributed by atoms with Gasteiger partial charge < -0.3 is 14.4 Å². The Morgan fingerprint density at radius 1 is 1.05 bits per heavy atom. The summed E-state index contributed by atoms with van der Waals surface area (Å²) in [5, 5.41) is 0. The molecule has 1 aromatic rings. The van der Waals surface area contributed by atoms with Crippen LogP contribution in [0.3, 0.4) is 0 Å². The molecule has 4 nitrogen and oxygen atoms in total. The number of aryl methyl sites for hydroxylation is 1. The van der Waals surface area contributed by atoms with Gasteiger partial charge in [0.25, 0.3) is 0 Å². The largest absolute Gasteiger partial charge is 0.493 e. The van der Waals surface area contributed by atoms with Crippen molar-refractivity contribution in [2.45, 2.75) is 40.0 Å². The second kappa shape index (κ2) is 8.55. The zero-order valence-electron chi connectivity index (χ0n) is 13.9. The van der Waals surface area contributed by atoms with Crippen LogP contribution in [0.15, 0.2) is 12.1 Å². The number of rotatable bonds is 8. The fraction of sp³-hybridized carbons (Fsp3) is 0.588. The summed E-state index contributed by atoms with van der Waals surface area (Å²) in [7, 11) is 3.23. The predicted molar refractivity (Wildman–Crippen MR) is 85.1 cm³/mol. The normalized spacial score (nSPS) is 10.3. The molecule has 0 unspecified atom stereocenters. The van der Waals surface area contributed by atoms with Crippen LogP contribution in [-0.2, 0) is 11.2 Å². The number of methoxy groups -OCH3 is 2. The average molecular weight is 293 g/mol. The fourth-order valence-electron chi connectivity index (χ4n) is 2.39. The van der Waals surface area contributed by atoms with Crippen LogP contribution in [0.25, 0.3) is 0 Å². The van der Waals surface area contributed by atoms with E-state index in [-0.39, 0.29) is 5.91 Å². The van der Waals surface area contributed by atoms with E-state index in [9.17, 15) is 4.79 Å². The molecule has 21 heavy (non-hydrogen) atoms. The van der Waals surface area contributed by atoms with Crippen LogP contribution < -0.4 is 9.47 Å². The zero-order valence-corrected chi connectivity index (χ0v) is 13.9. The van der Waals surface area contributed by atoms with Crippen molar-refractivity contribution in [2.24, 2.45) is 0 Å². The van der Waals surface area contributed by atoms with Crippen LogP contribution in [0.5, 0.6) is 11.5 Å². The lowest BCUT2D eigenvalue weighted by atomic mass is 10.0. The lowest BCUT2D eigenvalue weighted by Gasteiger charge is -2.22. The van der Waals surface area contributed by atoms with Crippen molar-refractivity contribution in [3.63, 3.8) is 0 Å². The molecule has 1 aromatic carbocycles. The van der Waals surface area contributed by atoms with Crippen molar-refractivity contribution >= 4 is 5.91 Å². The van der Waals surface area contributed by atoms with Crippen molar-refractivity contribution in [2.75, 3.05) is 27.3 Å². The molecule has 0 radical (unpaired) electrons. The van der Waals surface area contributed by atoms with Gasteiger partial charge in [-0.2, -0.15) is 0 Å². The number of carbonyl (C=O) groups is 1. The highest BCUT2D eigenvalue weighted by atomic mass is 16.5. The molecule has 0 atom stereocenters. The summed E-state index contributed by atoms with van der Waals surface area (Å²) in [6.45, 7) is 7.82. The molecule has 0 fully saturated rings. The molecule has 1 amide bonds. The minimum Gasteiger partial charge on any atom is -0.493 e. The number of nitrogens with zero attached hydrogens (tertiary/aromatic N) is 1.